The Morgan fingerprint density at radius 3 is 2.09 bits per heavy atom. The van der Waals surface area contributed by atoms with Crippen LogP contribution in [-0.2, 0) is 11.3 Å². The van der Waals surface area contributed by atoms with E-state index in [4.69, 9.17) is 14.2 Å². The summed E-state index contributed by atoms with van der Waals surface area (Å²) in [6, 6.07) is 20.3. The lowest BCUT2D eigenvalue weighted by atomic mass is 10.0. The smallest absolute Gasteiger partial charge is 0.254 e. The van der Waals surface area contributed by atoms with Gasteiger partial charge in [0, 0.05) is 24.7 Å². The molecule has 0 fully saturated rings. The third-order valence-corrected chi connectivity index (χ3v) is 5.53. The number of benzene rings is 3. The summed E-state index contributed by atoms with van der Waals surface area (Å²) < 4.78 is 16.3. The molecule has 0 aromatic heterocycles. The number of rotatable bonds is 9. The van der Waals surface area contributed by atoms with Gasteiger partial charge < -0.3 is 24.4 Å². The molecule has 0 bridgehead atoms. The number of hydrogen-bond donors (Lipinski definition) is 1. The van der Waals surface area contributed by atoms with Gasteiger partial charge in [-0.25, -0.2) is 0 Å². The first-order valence-electron chi connectivity index (χ1n) is 10.9. The minimum absolute atomic E-state index is 0.153. The molecule has 2 amide bonds. The van der Waals surface area contributed by atoms with Crippen LogP contribution in [0.25, 0.3) is 0 Å². The molecule has 0 spiro atoms. The highest BCUT2D eigenvalue weighted by Crippen LogP contribution is 2.39. The molecular formula is C27H30N2O5. The van der Waals surface area contributed by atoms with Gasteiger partial charge in [0.05, 0.1) is 27.4 Å². The number of anilines is 1. The molecule has 0 heterocycles. The summed E-state index contributed by atoms with van der Waals surface area (Å²) in [4.78, 5) is 27.2. The highest BCUT2D eigenvalue weighted by Gasteiger charge is 2.26. The summed E-state index contributed by atoms with van der Waals surface area (Å²) in [6.45, 7) is 3.82. The molecule has 1 N–H and O–H groups in total. The first-order valence-corrected chi connectivity index (χ1v) is 10.9. The Kier molecular flexibility index (Phi) is 8.14. The normalized spacial score (nSPS) is 11.3. The van der Waals surface area contributed by atoms with Crippen LogP contribution >= 0.6 is 0 Å². The fourth-order valence-corrected chi connectivity index (χ4v) is 3.79. The van der Waals surface area contributed by atoms with Crippen LogP contribution in [0.2, 0.25) is 0 Å². The molecule has 0 saturated heterocycles. The molecule has 7 nitrogen and oxygen atoms in total. The first-order chi connectivity index (χ1) is 16.4. The van der Waals surface area contributed by atoms with Crippen molar-refractivity contribution in [3.8, 4) is 17.2 Å². The van der Waals surface area contributed by atoms with E-state index >= 15 is 0 Å². The van der Waals surface area contributed by atoms with E-state index in [1.54, 1.807) is 17.0 Å². The molecule has 0 aliphatic rings. The van der Waals surface area contributed by atoms with E-state index in [1.165, 1.54) is 28.3 Å². The average Bonchev–Trinajstić information content (AvgIpc) is 2.85. The third kappa shape index (κ3) is 5.67. The van der Waals surface area contributed by atoms with Crippen molar-refractivity contribution in [2.75, 3.05) is 26.6 Å². The van der Waals surface area contributed by atoms with Crippen LogP contribution in [0.5, 0.6) is 17.2 Å². The lowest BCUT2D eigenvalue weighted by Gasteiger charge is -2.30. The fraction of sp³-hybridized carbons (Fsp3) is 0.259. The van der Waals surface area contributed by atoms with E-state index in [2.05, 4.69) is 5.32 Å². The van der Waals surface area contributed by atoms with Gasteiger partial charge in [-0.1, -0.05) is 42.5 Å². The van der Waals surface area contributed by atoms with E-state index in [-0.39, 0.29) is 17.9 Å². The number of ether oxygens (including phenoxy) is 3. The summed E-state index contributed by atoms with van der Waals surface area (Å²) in [5.74, 6) is 0.891. The van der Waals surface area contributed by atoms with Crippen molar-refractivity contribution in [3.05, 3.63) is 83.4 Å². The molecule has 0 radical (unpaired) electrons. The van der Waals surface area contributed by atoms with E-state index in [1.807, 2.05) is 61.5 Å². The molecule has 3 rings (SSSR count). The number of carbonyl (C=O) groups is 2. The van der Waals surface area contributed by atoms with Crippen molar-refractivity contribution >= 4 is 17.5 Å². The van der Waals surface area contributed by atoms with E-state index in [9.17, 15) is 9.59 Å². The standard InChI is InChI=1S/C27H30N2O5/c1-18(21-12-9-13-23(14-21)28-19(2)30)29(17-20-10-7-6-8-11-20)27(31)22-15-24(32-3)26(34-5)25(16-22)33-4/h6-16,18H,17H2,1-5H3,(H,28,30). The maximum atomic E-state index is 13.9. The van der Waals surface area contributed by atoms with Gasteiger partial charge in [0.15, 0.2) is 11.5 Å². The molecular weight excluding hydrogens is 432 g/mol. The Labute approximate surface area is 200 Å². The van der Waals surface area contributed by atoms with Crippen LogP contribution in [0.4, 0.5) is 5.69 Å². The second-order valence-electron chi connectivity index (χ2n) is 7.82. The summed E-state index contributed by atoms with van der Waals surface area (Å²) in [5.41, 5.74) is 2.98. The zero-order chi connectivity index (χ0) is 24.7. The quantitative estimate of drug-likeness (QED) is 0.480. The zero-order valence-corrected chi connectivity index (χ0v) is 20.1. The summed E-state index contributed by atoms with van der Waals surface area (Å²) in [6.07, 6.45) is 0. The van der Waals surface area contributed by atoms with Gasteiger partial charge in [-0.15, -0.1) is 0 Å². The second-order valence-corrected chi connectivity index (χ2v) is 7.82. The topological polar surface area (TPSA) is 77.1 Å². The lowest BCUT2D eigenvalue weighted by Crippen LogP contribution is -2.33. The van der Waals surface area contributed by atoms with Gasteiger partial charge in [0.25, 0.3) is 5.91 Å². The first kappa shape index (κ1) is 24.6. The van der Waals surface area contributed by atoms with Gasteiger partial charge in [-0.05, 0) is 42.3 Å². The van der Waals surface area contributed by atoms with Crippen molar-refractivity contribution in [2.24, 2.45) is 0 Å². The molecule has 7 heteroatoms. The van der Waals surface area contributed by atoms with Crippen LogP contribution in [0.3, 0.4) is 0 Å². The van der Waals surface area contributed by atoms with Crippen LogP contribution in [0.15, 0.2) is 66.7 Å². The number of amides is 2. The van der Waals surface area contributed by atoms with Crippen LogP contribution < -0.4 is 19.5 Å². The monoisotopic (exact) mass is 462 g/mol. The summed E-state index contributed by atoms with van der Waals surface area (Å²) >= 11 is 0. The fourth-order valence-electron chi connectivity index (χ4n) is 3.79. The largest absolute Gasteiger partial charge is 0.493 e. The molecule has 0 saturated carbocycles. The van der Waals surface area contributed by atoms with E-state index in [0.29, 0.717) is 35.0 Å². The molecule has 1 atom stereocenters. The molecule has 3 aromatic carbocycles. The van der Waals surface area contributed by atoms with Crippen molar-refractivity contribution in [3.63, 3.8) is 0 Å². The molecule has 3 aromatic rings. The Morgan fingerprint density at radius 1 is 0.882 bits per heavy atom. The van der Waals surface area contributed by atoms with Gasteiger partial charge in [-0.2, -0.15) is 0 Å². The second kappa shape index (κ2) is 11.2. The number of methoxy groups -OCH3 is 3. The summed E-state index contributed by atoms with van der Waals surface area (Å²) in [7, 11) is 4.56. The van der Waals surface area contributed by atoms with Crippen LogP contribution in [-0.4, -0.2) is 38.0 Å². The van der Waals surface area contributed by atoms with Gasteiger partial charge in [0.2, 0.25) is 11.7 Å². The predicted molar refractivity (Wildman–Crippen MR) is 132 cm³/mol. The van der Waals surface area contributed by atoms with Crippen molar-refractivity contribution in [1.82, 2.24) is 4.90 Å². The Morgan fingerprint density at radius 2 is 1.53 bits per heavy atom. The van der Waals surface area contributed by atoms with Crippen LogP contribution in [0, 0.1) is 0 Å². The molecule has 178 valence electrons. The van der Waals surface area contributed by atoms with E-state index in [0.717, 1.165) is 11.1 Å². The highest BCUT2D eigenvalue weighted by molar-refractivity contribution is 5.96. The number of carbonyl (C=O) groups excluding carboxylic acids is 2. The predicted octanol–water partition coefficient (Wildman–Crippen LogP) is 5.07. The van der Waals surface area contributed by atoms with Crippen molar-refractivity contribution in [2.45, 2.75) is 26.4 Å². The summed E-state index contributed by atoms with van der Waals surface area (Å²) in [5, 5.41) is 2.80. The Bertz CT molecular complexity index is 1120. The molecule has 0 aliphatic heterocycles. The minimum atomic E-state index is -0.291. The van der Waals surface area contributed by atoms with Gasteiger partial charge in [-0.3, -0.25) is 9.59 Å². The average molecular weight is 463 g/mol. The number of nitrogens with one attached hydrogen (secondary N) is 1. The SMILES string of the molecule is COc1cc(C(=O)N(Cc2ccccc2)C(C)c2cccc(NC(C)=O)c2)cc(OC)c1OC. The Hall–Kier alpha value is -4.00. The highest BCUT2D eigenvalue weighted by atomic mass is 16.5. The molecule has 34 heavy (non-hydrogen) atoms. The van der Waals surface area contributed by atoms with Crippen molar-refractivity contribution in [1.29, 1.82) is 0 Å². The van der Waals surface area contributed by atoms with Crippen molar-refractivity contribution < 1.29 is 23.8 Å². The van der Waals surface area contributed by atoms with E-state index < -0.39 is 0 Å². The third-order valence-electron chi connectivity index (χ3n) is 5.53. The lowest BCUT2D eigenvalue weighted by molar-refractivity contribution is -0.114. The maximum absolute atomic E-state index is 13.9. The number of nitrogens with zero attached hydrogens (tertiary/aromatic N) is 1. The number of hydrogen-bond acceptors (Lipinski definition) is 5. The van der Waals surface area contributed by atoms with Gasteiger partial charge in [0.1, 0.15) is 0 Å². The van der Waals surface area contributed by atoms with Crippen LogP contribution in [0.1, 0.15) is 41.4 Å². The minimum Gasteiger partial charge on any atom is -0.493 e. The molecule has 0 aliphatic carbocycles. The molecule has 1 unspecified atom stereocenters. The maximum Gasteiger partial charge on any atom is 0.254 e. The Balaban J connectivity index is 2.04. The zero-order valence-electron chi connectivity index (χ0n) is 20.1. The van der Waals surface area contributed by atoms with Gasteiger partial charge >= 0.3 is 0 Å².